The highest BCUT2D eigenvalue weighted by atomic mass is 35.5. The first-order valence-electron chi connectivity index (χ1n) is 5.89. The van der Waals surface area contributed by atoms with Gasteiger partial charge in [-0.25, -0.2) is 9.97 Å². The molecule has 0 saturated heterocycles. The molecule has 5 heteroatoms. The van der Waals surface area contributed by atoms with Crippen LogP contribution in [0.15, 0.2) is 24.3 Å². The molecule has 0 bridgehead atoms. The van der Waals surface area contributed by atoms with E-state index in [2.05, 4.69) is 21.4 Å². The molecule has 0 aliphatic carbocycles. The quantitative estimate of drug-likeness (QED) is 0.688. The van der Waals surface area contributed by atoms with Crippen LogP contribution in [0.4, 0.5) is 5.82 Å². The molecule has 0 unspecified atom stereocenters. The Labute approximate surface area is 116 Å². The van der Waals surface area contributed by atoms with Crippen molar-refractivity contribution in [3.05, 3.63) is 51.9 Å². The van der Waals surface area contributed by atoms with Gasteiger partial charge < -0.3 is 5.32 Å². The van der Waals surface area contributed by atoms with Gasteiger partial charge in [0.2, 0.25) is 0 Å². The number of aryl methyl sites for hydroxylation is 2. The Morgan fingerprint density at radius 1 is 1.32 bits per heavy atom. The highest BCUT2D eigenvalue weighted by Crippen LogP contribution is 2.19. The topological polar surface area (TPSA) is 54.9 Å². The molecule has 0 saturated carbocycles. The number of hydrogen-bond donors (Lipinski definition) is 1. The van der Waals surface area contributed by atoms with E-state index in [9.17, 15) is 4.79 Å². The van der Waals surface area contributed by atoms with Gasteiger partial charge in [-0.15, -0.1) is 0 Å². The second-order valence-corrected chi connectivity index (χ2v) is 4.64. The van der Waals surface area contributed by atoms with Gasteiger partial charge in [-0.3, -0.25) is 4.79 Å². The molecule has 0 amide bonds. The van der Waals surface area contributed by atoms with Crippen molar-refractivity contribution in [3.63, 3.8) is 0 Å². The van der Waals surface area contributed by atoms with Crippen molar-refractivity contribution in [3.8, 4) is 0 Å². The van der Waals surface area contributed by atoms with Gasteiger partial charge in [0.1, 0.15) is 16.8 Å². The zero-order valence-electron chi connectivity index (χ0n) is 10.8. The molecule has 1 aromatic carbocycles. The molecule has 1 N–H and O–H groups in total. The molecular weight excluding hydrogens is 262 g/mol. The first-order valence-corrected chi connectivity index (χ1v) is 6.26. The number of nitrogens with one attached hydrogen (secondary N) is 1. The van der Waals surface area contributed by atoms with E-state index in [-0.39, 0.29) is 5.15 Å². The number of nitrogens with zero attached hydrogens (tertiary/aromatic N) is 2. The van der Waals surface area contributed by atoms with Crippen molar-refractivity contribution >= 4 is 23.7 Å². The highest BCUT2D eigenvalue weighted by molar-refractivity contribution is 6.32. The number of hydrogen-bond acceptors (Lipinski definition) is 4. The summed E-state index contributed by atoms with van der Waals surface area (Å²) in [5.41, 5.74) is 2.59. The molecule has 0 radical (unpaired) electrons. The second-order valence-electron chi connectivity index (χ2n) is 4.28. The first kappa shape index (κ1) is 13.5. The van der Waals surface area contributed by atoms with Crippen molar-refractivity contribution in [2.75, 3.05) is 5.32 Å². The number of aromatic nitrogens is 2. The number of rotatable bonds is 4. The lowest BCUT2D eigenvalue weighted by atomic mass is 10.1. The first-order chi connectivity index (χ1) is 9.10. The molecule has 1 heterocycles. The molecule has 2 aromatic rings. The Morgan fingerprint density at radius 2 is 2.11 bits per heavy atom. The SMILES string of the molecule is Cc1cccc(CNc2nc(C)nc(Cl)c2C=O)c1. The van der Waals surface area contributed by atoms with Crippen molar-refractivity contribution in [1.82, 2.24) is 9.97 Å². The molecule has 0 spiro atoms. The van der Waals surface area contributed by atoms with Crippen LogP contribution in [0.3, 0.4) is 0 Å². The summed E-state index contributed by atoms with van der Waals surface area (Å²) in [6.45, 7) is 4.35. The Bertz CT molecular complexity index is 614. The summed E-state index contributed by atoms with van der Waals surface area (Å²) in [5, 5.41) is 3.30. The molecular formula is C14H14ClN3O. The van der Waals surface area contributed by atoms with E-state index in [1.54, 1.807) is 6.92 Å². The average molecular weight is 276 g/mol. The van der Waals surface area contributed by atoms with Gasteiger partial charge in [0.25, 0.3) is 0 Å². The maximum absolute atomic E-state index is 11.0. The third-order valence-corrected chi connectivity index (χ3v) is 2.96. The highest BCUT2D eigenvalue weighted by Gasteiger charge is 2.10. The van der Waals surface area contributed by atoms with Crippen LogP contribution in [0, 0.1) is 13.8 Å². The largest absolute Gasteiger partial charge is 0.365 e. The third-order valence-electron chi connectivity index (χ3n) is 2.67. The van der Waals surface area contributed by atoms with Crippen molar-refractivity contribution in [2.24, 2.45) is 0 Å². The Kier molecular flexibility index (Phi) is 4.12. The van der Waals surface area contributed by atoms with Crippen molar-refractivity contribution in [2.45, 2.75) is 20.4 Å². The van der Waals surface area contributed by atoms with Crippen molar-refractivity contribution in [1.29, 1.82) is 0 Å². The van der Waals surface area contributed by atoms with Gasteiger partial charge in [0.05, 0.1) is 5.56 Å². The molecule has 0 aliphatic heterocycles. The maximum Gasteiger partial charge on any atom is 0.156 e. The molecule has 4 nitrogen and oxygen atoms in total. The molecule has 19 heavy (non-hydrogen) atoms. The minimum absolute atomic E-state index is 0.175. The predicted octanol–water partition coefficient (Wildman–Crippen LogP) is 3.17. The number of halogens is 1. The van der Waals surface area contributed by atoms with Gasteiger partial charge in [-0.2, -0.15) is 0 Å². The lowest BCUT2D eigenvalue weighted by Crippen LogP contribution is -2.07. The number of benzene rings is 1. The summed E-state index contributed by atoms with van der Waals surface area (Å²) in [6, 6.07) is 8.11. The smallest absolute Gasteiger partial charge is 0.156 e. The van der Waals surface area contributed by atoms with Gasteiger partial charge in [-0.05, 0) is 19.4 Å². The minimum atomic E-state index is 0.175. The van der Waals surface area contributed by atoms with E-state index < -0.39 is 0 Å². The van der Waals surface area contributed by atoms with E-state index >= 15 is 0 Å². The lowest BCUT2D eigenvalue weighted by Gasteiger charge is -2.10. The fraction of sp³-hybridized carbons (Fsp3) is 0.214. The lowest BCUT2D eigenvalue weighted by molar-refractivity contribution is 0.112. The molecule has 1 aromatic heterocycles. The fourth-order valence-corrected chi connectivity index (χ4v) is 2.05. The molecule has 2 rings (SSSR count). The zero-order chi connectivity index (χ0) is 13.8. The van der Waals surface area contributed by atoms with Gasteiger partial charge in [0.15, 0.2) is 6.29 Å². The summed E-state index contributed by atoms with van der Waals surface area (Å²) in [7, 11) is 0. The molecule has 98 valence electrons. The second kappa shape index (κ2) is 5.80. The number of carbonyl (C=O) groups is 1. The van der Waals surface area contributed by atoms with Crippen LogP contribution in [0.1, 0.15) is 27.3 Å². The zero-order valence-corrected chi connectivity index (χ0v) is 11.5. The van der Waals surface area contributed by atoms with Gasteiger partial charge >= 0.3 is 0 Å². The summed E-state index contributed by atoms with van der Waals surface area (Å²) < 4.78 is 0. The van der Waals surface area contributed by atoms with Crippen LogP contribution in [0.25, 0.3) is 0 Å². The van der Waals surface area contributed by atoms with E-state index in [0.717, 1.165) is 5.56 Å². The number of carbonyl (C=O) groups excluding carboxylic acids is 1. The third kappa shape index (κ3) is 3.29. The van der Waals surface area contributed by atoms with Crippen LogP contribution in [0.2, 0.25) is 5.15 Å². The summed E-state index contributed by atoms with van der Waals surface area (Å²) in [6.07, 6.45) is 0.667. The molecule has 0 atom stereocenters. The summed E-state index contributed by atoms with van der Waals surface area (Å²) >= 11 is 5.92. The van der Waals surface area contributed by atoms with Crippen LogP contribution in [-0.2, 0) is 6.54 Å². The minimum Gasteiger partial charge on any atom is -0.365 e. The van der Waals surface area contributed by atoms with E-state index in [0.29, 0.717) is 30.0 Å². The van der Waals surface area contributed by atoms with Crippen LogP contribution < -0.4 is 5.32 Å². The Balaban J connectivity index is 2.22. The van der Waals surface area contributed by atoms with Crippen LogP contribution in [0.5, 0.6) is 0 Å². The van der Waals surface area contributed by atoms with Crippen LogP contribution in [-0.4, -0.2) is 16.3 Å². The standard InChI is InChI=1S/C14H14ClN3O/c1-9-4-3-5-11(6-9)7-16-14-12(8-19)13(15)17-10(2)18-14/h3-6,8H,7H2,1-2H3,(H,16,17,18). The van der Waals surface area contributed by atoms with Gasteiger partial charge in [0, 0.05) is 6.54 Å². The number of anilines is 1. The maximum atomic E-state index is 11.0. The van der Waals surface area contributed by atoms with E-state index in [1.165, 1.54) is 5.56 Å². The molecule has 0 aliphatic rings. The summed E-state index contributed by atoms with van der Waals surface area (Å²) in [5.74, 6) is 0.997. The molecule has 0 fully saturated rings. The Morgan fingerprint density at radius 3 is 2.79 bits per heavy atom. The summed E-state index contributed by atoms with van der Waals surface area (Å²) in [4.78, 5) is 19.2. The van der Waals surface area contributed by atoms with Crippen molar-refractivity contribution < 1.29 is 4.79 Å². The fourth-order valence-electron chi connectivity index (χ4n) is 1.79. The monoisotopic (exact) mass is 275 g/mol. The van der Waals surface area contributed by atoms with Crippen LogP contribution >= 0.6 is 11.6 Å². The Hall–Kier alpha value is -1.94. The normalized spacial score (nSPS) is 10.3. The number of aldehydes is 1. The predicted molar refractivity (Wildman–Crippen MR) is 75.7 cm³/mol. The van der Waals surface area contributed by atoms with E-state index in [1.807, 2.05) is 25.1 Å². The van der Waals surface area contributed by atoms with E-state index in [4.69, 9.17) is 11.6 Å². The average Bonchev–Trinajstić information content (AvgIpc) is 2.36. The van der Waals surface area contributed by atoms with Gasteiger partial charge in [-0.1, -0.05) is 41.4 Å².